The van der Waals surface area contributed by atoms with Crippen LogP contribution in [0.5, 0.6) is 0 Å². The molecule has 0 fully saturated rings. The van der Waals surface area contributed by atoms with Crippen LogP contribution in [0.3, 0.4) is 0 Å². The summed E-state index contributed by atoms with van der Waals surface area (Å²) in [5.41, 5.74) is 1.83. The van der Waals surface area contributed by atoms with E-state index in [0.29, 0.717) is 11.4 Å². The molecular weight excluding hydrogens is 365 g/mol. The molecule has 0 spiro atoms. The molecule has 0 aliphatic rings. The van der Waals surface area contributed by atoms with Gasteiger partial charge in [-0.05, 0) is 35.7 Å². The van der Waals surface area contributed by atoms with Crippen molar-refractivity contribution in [2.75, 3.05) is 0 Å². The largest absolute Gasteiger partial charge is 0.269 e. The number of nitrogens with zero attached hydrogens (tertiary/aromatic N) is 1. The number of rotatable bonds is 4. The van der Waals surface area contributed by atoms with E-state index in [4.69, 9.17) is 23.2 Å². The van der Waals surface area contributed by atoms with Gasteiger partial charge in [-0.25, -0.2) is 0 Å². The molecule has 6 heteroatoms. The summed E-state index contributed by atoms with van der Waals surface area (Å²) in [5.74, 6) is 0. The molecule has 20 heavy (non-hydrogen) atoms. The van der Waals surface area contributed by atoms with Crippen molar-refractivity contribution >= 4 is 44.8 Å². The first-order valence-corrected chi connectivity index (χ1v) is 7.40. The third-order valence-electron chi connectivity index (χ3n) is 2.86. The van der Waals surface area contributed by atoms with E-state index in [1.807, 2.05) is 12.1 Å². The topological polar surface area (TPSA) is 43.1 Å². The van der Waals surface area contributed by atoms with Gasteiger partial charge in [-0.2, -0.15) is 0 Å². The number of non-ortho nitro benzene ring substituents is 1. The molecule has 2 aromatic rings. The maximum atomic E-state index is 10.6. The van der Waals surface area contributed by atoms with Crippen molar-refractivity contribution in [2.45, 2.75) is 11.8 Å². The van der Waals surface area contributed by atoms with Gasteiger partial charge in [0.25, 0.3) is 5.69 Å². The lowest BCUT2D eigenvalue weighted by atomic mass is 10.0. The second-order valence-corrected chi connectivity index (χ2v) is 6.11. The maximum Gasteiger partial charge on any atom is 0.269 e. The van der Waals surface area contributed by atoms with Gasteiger partial charge in [0.05, 0.1) is 10.3 Å². The SMILES string of the molecule is O=[N+]([O-])c1ccc(CC(Cl)c2cc(Br)ccc2Cl)cc1. The van der Waals surface area contributed by atoms with Crippen molar-refractivity contribution in [2.24, 2.45) is 0 Å². The van der Waals surface area contributed by atoms with E-state index in [9.17, 15) is 10.1 Å². The maximum absolute atomic E-state index is 10.6. The van der Waals surface area contributed by atoms with E-state index in [2.05, 4.69) is 15.9 Å². The van der Waals surface area contributed by atoms with Crippen molar-refractivity contribution < 1.29 is 4.92 Å². The molecule has 0 aliphatic carbocycles. The summed E-state index contributed by atoms with van der Waals surface area (Å²) in [4.78, 5) is 10.2. The average Bonchev–Trinajstić information content (AvgIpc) is 2.42. The average molecular weight is 375 g/mol. The Morgan fingerprint density at radius 2 is 1.85 bits per heavy atom. The van der Waals surface area contributed by atoms with Crippen LogP contribution in [0.25, 0.3) is 0 Å². The fraction of sp³-hybridized carbons (Fsp3) is 0.143. The van der Waals surface area contributed by atoms with Gasteiger partial charge in [0.2, 0.25) is 0 Å². The van der Waals surface area contributed by atoms with E-state index in [1.165, 1.54) is 12.1 Å². The van der Waals surface area contributed by atoms with Gasteiger partial charge in [-0.3, -0.25) is 10.1 Å². The molecule has 2 rings (SSSR count). The van der Waals surface area contributed by atoms with Gasteiger partial charge < -0.3 is 0 Å². The second-order valence-electron chi connectivity index (χ2n) is 4.26. The first-order chi connectivity index (χ1) is 9.47. The number of nitro benzene ring substituents is 1. The summed E-state index contributed by atoms with van der Waals surface area (Å²) < 4.78 is 0.909. The zero-order valence-electron chi connectivity index (χ0n) is 10.2. The first kappa shape index (κ1) is 15.3. The Kier molecular flexibility index (Phi) is 5.02. The van der Waals surface area contributed by atoms with Gasteiger partial charge in [-0.15, -0.1) is 11.6 Å². The number of halogens is 3. The Hall–Kier alpha value is -1.10. The van der Waals surface area contributed by atoms with Gasteiger partial charge in [0.1, 0.15) is 0 Å². The van der Waals surface area contributed by atoms with Crippen LogP contribution in [-0.2, 0) is 6.42 Å². The van der Waals surface area contributed by atoms with Crippen LogP contribution in [0, 0.1) is 10.1 Å². The minimum atomic E-state index is -0.423. The molecule has 0 aliphatic heterocycles. The minimum Gasteiger partial charge on any atom is -0.258 e. The van der Waals surface area contributed by atoms with E-state index in [-0.39, 0.29) is 11.1 Å². The predicted molar refractivity (Wildman–Crippen MR) is 84.5 cm³/mol. The normalized spacial score (nSPS) is 12.2. The summed E-state index contributed by atoms with van der Waals surface area (Å²) in [7, 11) is 0. The number of hydrogen-bond acceptors (Lipinski definition) is 2. The molecule has 0 heterocycles. The quantitative estimate of drug-likeness (QED) is 0.401. The van der Waals surface area contributed by atoms with E-state index in [1.54, 1.807) is 18.2 Å². The highest BCUT2D eigenvalue weighted by Crippen LogP contribution is 2.33. The van der Waals surface area contributed by atoms with Crippen LogP contribution in [0.2, 0.25) is 5.02 Å². The second kappa shape index (κ2) is 6.57. The van der Waals surface area contributed by atoms with Crippen LogP contribution >= 0.6 is 39.1 Å². The van der Waals surface area contributed by atoms with E-state index >= 15 is 0 Å². The van der Waals surface area contributed by atoms with Crippen molar-refractivity contribution in [1.29, 1.82) is 0 Å². The molecule has 0 saturated carbocycles. The number of alkyl halides is 1. The number of nitro groups is 1. The zero-order valence-corrected chi connectivity index (χ0v) is 13.3. The van der Waals surface area contributed by atoms with Crippen LogP contribution in [0.4, 0.5) is 5.69 Å². The molecule has 0 radical (unpaired) electrons. The summed E-state index contributed by atoms with van der Waals surface area (Å²) in [6.45, 7) is 0. The lowest BCUT2D eigenvalue weighted by Gasteiger charge is -2.12. The summed E-state index contributed by atoms with van der Waals surface area (Å²) in [5, 5.41) is 10.9. The third-order valence-corrected chi connectivity index (χ3v) is 4.08. The molecule has 104 valence electrons. The van der Waals surface area contributed by atoms with Crippen molar-refractivity contribution in [3.63, 3.8) is 0 Å². The molecule has 1 atom stereocenters. The van der Waals surface area contributed by atoms with Crippen molar-refractivity contribution in [3.8, 4) is 0 Å². The standard InChI is InChI=1S/C14H10BrCl2NO2/c15-10-3-6-13(16)12(8-10)14(17)7-9-1-4-11(5-2-9)18(19)20/h1-6,8,14H,7H2. The summed E-state index contributed by atoms with van der Waals surface area (Å²) in [6, 6.07) is 11.9. The van der Waals surface area contributed by atoms with Crippen LogP contribution in [0.15, 0.2) is 46.9 Å². The molecule has 2 aromatic carbocycles. The Morgan fingerprint density at radius 3 is 2.45 bits per heavy atom. The Morgan fingerprint density at radius 1 is 1.20 bits per heavy atom. The number of benzene rings is 2. The molecule has 0 bridgehead atoms. The Bertz CT molecular complexity index is 632. The molecule has 0 saturated heterocycles. The summed E-state index contributed by atoms with van der Waals surface area (Å²) in [6.07, 6.45) is 0.551. The van der Waals surface area contributed by atoms with Crippen molar-refractivity contribution in [1.82, 2.24) is 0 Å². The highest BCUT2D eigenvalue weighted by Gasteiger charge is 2.14. The fourth-order valence-corrected chi connectivity index (χ4v) is 2.87. The molecule has 0 N–H and O–H groups in total. The first-order valence-electron chi connectivity index (χ1n) is 5.79. The lowest BCUT2D eigenvalue weighted by Crippen LogP contribution is -1.97. The molecule has 0 amide bonds. The minimum absolute atomic E-state index is 0.0698. The van der Waals surface area contributed by atoms with Gasteiger partial charge >= 0.3 is 0 Å². The lowest BCUT2D eigenvalue weighted by molar-refractivity contribution is -0.384. The summed E-state index contributed by atoms with van der Waals surface area (Å²) >= 11 is 15.9. The van der Waals surface area contributed by atoms with Gasteiger partial charge in [0.15, 0.2) is 0 Å². The van der Waals surface area contributed by atoms with Crippen LogP contribution in [-0.4, -0.2) is 4.92 Å². The van der Waals surface area contributed by atoms with Gasteiger partial charge in [0, 0.05) is 21.6 Å². The predicted octanol–water partition coefficient (Wildman–Crippen LogP) is 5.53. The molecule has 0 aromatic heterocycles. The smallest absolute Gasteiger partial charge is 0.258 e. The fourth-order valence-electron chi connectivity index (χ4n) is 1.83. The van der Waals surface area contributed by atoms with Gasteiger partial charge in [-0.1, -0.05) is 39.7 Å². The molecule has 3 nitrogen and oxygen atoms in total. The Labute approximate surface area is 134 Å². The molecular formula is C14H10BrCl2NO2. The highest BCUT2D eigenvalue weighted by molar-refractivity contribution is 9.10. The van der Waals surface area contributed by atoms with Crippen LogP contribution < -0.4 is 0 Å². The monoisotopic (exact) mass is 373 g/mol. The van der Waals surface area contributed by atoms with E-state index < -0.39 is 4.92 Å². The Balaban J connectivity index is 2.16. The van der Waals surface area contributed by atoms with E-state index in [0.717, 1.165) is 15.6 Å². The molecule has 1 unspecified atom stereocenters. The van der Waals surface area contributed by atoms with Crippen LogP contribution in [0.1, 0.15) is 16.5 Å². The van der Waals surface area contributed by atoms with Crippen molar-refractivity contribution in [3.05, 3.63) is 73.2 Å². The third kappa shape index (κ3) is 3.72. The highest BCUT2D eigenvalue weighted by atomic mass is 79.9. The zero-order chi connectivity index (χ0) is 14.7. The number of hydrogen-bond donors (Lipinski definition) is 0.